The lowest BCUT2D eigenvalue weighted by Crippen LogP contribution is -2.26. The Bertz CT molecular complexity index is 934. The molecule has 7 nitrogen and oxygen atoms in total. The Kier molecular flexibility index (Phi) is 6.58. The molecule has 1 aromatic heterocycles. The number of thiophene rings is 1. The molecule has 0 aliphatic carbocycles. The maximum Gasteiger partial charge on any atom is 0.263 e. The molecule has 1 aliphatic rings. The second-order valence-electron chi connectivity index (χ2n) is 6.36. The van der Waals surface area contributed by atoms with Crippen LogP contribution in [0.4, 0.5) is 0 Å². The van der Waals surface area contributed by atoms with E-state index in [1.54, 1.807) is 29.2 Å². The van der Waals surface area contributed by atoms with Crippen molar-refractivity contribution in [3.05, 3.63) is 40.8 Å². The first-order valence-corrected chi connectivity index (χ1v) is 11.4. The van der Waals surface area contributed by atoms with E-state index in [1.807, 2.05) is 6.92 Å². The maximum atomic E-state index is 12.6. The molecule has 9 heteroatoms. The number of hydrogen-bond acceptors (Lipinski definition) is 6. The van der Waals surface area contributed by atoms with Crippen molar-refractivity contribution < 1.29 is 22.7 Å². The number of rotatable bonds is 8. The standard InChI is InChI=1S/C19H24N2O5S2/c1-3-26-15-7-6-14(12-16(15)25-2)13-20-28(23,24)18-9-8-17(27-18)19(22)21-10-4-5-11-21/h6-9,12,20H,3-5,10-11,13H2,1-2H3. The molecule has 2 aromatic rings. The van der Waals surface area contributed by atoms with Crippen LogP contribution < -0.4 is 14.2 Å². The van der Waals surface area contributed by atoms with Crippen molar-refractivity contribution in [3.8, 4) is 11.5 Å². The maximum absolute atomic E-state index is 12.6. The fraction of sp³-hybridized carbons (Fsp3) is 0.421. The number of ether oxygens (including phenoxy) is 2. The molecule has 0 saturated carbocycles. The van der Waals surface area contributed by atoms with Crippen LogP contribution in [0, 0.1) is 0 Å². The smallest absolute Gasteiger partial charge is 0.263 e. The van der Waals surface area contributed by atoms with E-state index in [0.29, 0.717) is 23.0 Å². The van der Waals surface area contributed by atoms with Crippen LogP contribution in [-0.2, 0) is 16.6 Å². The summed E-state index contributed by atoms with van der Waals surface area (Å²) in [6.45, 7) is 3.97. The van der Waals surface area contributed by atoms with E-state index >= 15 is 0 Å². The normalized spacial score (nSPS) is 14.3. The van der Waals surface area contributed by atoms with Crippen molar-refractivity contribution in [1.29, 1.82) is 0 Å². The molecule has 3 rings (SSSR count). The number of nitrogens with one attached hydrogen (secondary N) is 1. The monoisotopic (exact) mass is 424 g/mol. The van der Waals surface area contributed by atoms with Gasteiger partial charge in [-0.1, -0.05) is 6.07 Å². The van der Waals surface area contributed by atoms with Crippen molar-refractivity contribution >= 4 is 27.3 Å². The second kappa shape index (κ2) is 8.93. The van der Waals surface area contributed by atoms with Gasteiger partial charge in [0.15, 0.2) is 11.5 Å². The van der Waals surface area contributed by atoms with Gasteiger partial charge in [0.2, 0.25) is 10.0 Å². The van der Waals surface area contributed by atoms with Gasteiger partial charge in [-0.05, 0) is 49.6 Å². The first-order valence-electron chi connectivity index (χ1n) is 9.13. The molecule has 1 amide bonds. The van der Waals surface area contributed by atoms with Gasteiger partial charge >= 0.3 is 0 Å². The van der Waals surface area contributed by atoms with Crippen LogP contribution in [-0.4, -0.2) is 46.0 Å². The lowest BCUT2D eigenvalue weighted by Gasteiger charge is -2.13. The van der Waals surface area contributed by atoms with Crippen LogP contribution in [0.2, 0.25) is 0 Å². The molecule has 0 bridgehead atoms. The summed E-state index contributed by atoms with van der Waals surface area (Å²) >= 11 is 1.00. The highest BCUT2D eigenvalue weighted by Crippen LogP contribution is 2.29. The van der Waals surface area contributed by atoms with E-state index in [-0.39, 0.29) is 16.7 Å². The van der Waals surface area contributed by atoms with E-state index in [1.165, 1.54) is 13.2 Å². The third-order valence-electron chi connectivity index (χ3n) is 4.44. The molecule has 0 atom stereocenters. The number of methoxy groups -OCH3 is 1. The topological polar surface area (TPSA) is 84.9 Å². The second-order valence-corrected chi connectivity index (χ2v) is 9.44. The molecule has 152 valence electrons. The van der Waals surface area contributed by atoms with Crippen molar-refractivity contribution in [2.75, 3.05) is 26.8 Å². The highest BCUT2D eigenvalue weighted by atomic mass is 32.2. The molecule has 28 heavy (non-hydrogen) atoms. The third kappa shape index (κ3) is 4.65. The summed E-state index contributed by atoms with van der Waals surface area (Å²) in [7, 11) is -2.17. The van der Waals surface area contributed by atoms with Crippen LogP contribution in [0.3, 0.4) is 0 Å². The van der Waals surface area contributed by atoms with E-state index in [9.17, 15) is 13.2 Å². The van der Waals surface area contributed by atoms with Crippen molar-refractivity contribution in [3.63, 3.8) is 0 Å². The highest BCUT2D eigenvalue weighted by molar-refractivity contribution is 7.91. The van der Waals surface area contributed by atoms with Gasteiger partial charge in [-0.15, -0.1) is 11.3 Å². The molecule has 1 saturated heterocycles. The van der Waals surface area contributed by atoms with E-state index in [4.69, 9.17) is 9.47 Å². The number of carbonyl (C=O) groups is 1. The lowest BCUT2D eigenvalue weighted by atomic mass is 10.2. The first-order chi connectivity index (χ1) is 13.4. The lowest BCUT2D eigenvalue weighted by molar-refractivity contribution is 0.0797. The van der Waals surface area contributed by atoms with E-state index < -0.39 is 10.0 Å². The van der Waals surface area contributed by atoms with Crippen LogP contribution >= 0.6 is 11.3 Å². The van der Waals surface area contributed by atoms with Gasteiger partial charge in [-0.25, -0.2) is 13.1 Å². The minimum Gasteiger partial charge on any atom is -0.493 e. The molecule has 1 aliphatic heterocycles. The predicted octanol–water partition coefficient (Wildman–Crippen LogP) is 2.87. The summed E-state index contributed by atoms with van der Waals surface area (Å²) in [6, 6.07) is 8.34. The molecule has 2 heterocycles. The molecule has 1 fully saturated rings. The Morgan fingerprint density at radius 3 is 2.61 bits per heavy atom. The molecule has 1 N–H and O–H groups in total. The Hall–Kier alpha value is -2.10. The first kappa shape index (κ1) is 20.6. The zero-order valence-electron chi connectivity index (χ0n) is 15.9. The van der Waals surface area contributed by atoms with Crippen molar-refractivity contribution in [2.45, 2.75) is 30.5 Å². The quantitative estimate of drug-likeness (QED) is 0.704. The van der Waals surface area contributed by atoms with E-state index in [2.05, 4.69) is 4.72 Å². The van der Waals surface area contributed by atoms with Gasteiger partial charge in [0, 0.05) is 19.6 Å². The predicted molar refractivity (Wildman–Crippen MR) is 108 cm³/mol. The highest BCUT2D eigenvalue weighted by Gasteiger charge is 2.24. The summed E-state index contributed by atoms with van der Waals surface area (Å²) in [5, 5.41) is 0. The largest absolute Gasteiger partial charge is 0.493 e. The summed E-state index contributed by atoms with van der Waals surface area (Å²) in [4.78, 5) is 14.6. The average molecular weight is 425 g/mol. The van der Waals surface area contributed by atoms with Gasteiger partial charge in [0.25, 0.3) is 5.91 Å². The van der Waals surface area contributed by atoms with Gasteiger partial charge in [0.1, 0.15) is 4.21 Å². The SMILES string of the molecule is CCOc1ccc(CNS(=O)(=O)c2ccc(C(=O)N3CCCC3)s2)cc1OC. The Labute approximate surface area is 169 Å². The Balaban J connectivity index is 1.68. The molecule has 0 radical (unpaired) electrons. The fourth-order valence-electron chi connectivity index (χ4n) is 3.00. The molecular formula is C19H24N2O5S2. The molecule has 1 aromatic carbocycles. The summed E-state index contributed by atoms with van der Waals surface area (Å²) < 4.78 is 38.7. The number of nitrogens with zero attached hydrogens (tertiary/aromatic N) is 1. The number of carbonyl (C=O) groups excluding carboxylic acids is 1. The van der Waals surface area contributed by atoms with Gasteiger partial charge in [0.05, 0.1) is 18.6 Å². The number of likely N-dealkylation sites (tertiary alicyclic amines) is 1. The molecule has 0 unspecified atom stereocenters. The van der Waals surface area contributed by atoms with Gasteiger partial charge in [-0.2, -0.15) is 0 Å². The zero-order chi connectivity index (χ0) is 20.1. The number of sulfonamides is 1. The van der Waals surface area contributed by atoms with Crippen molar-refractivity contribution in [2.24, 2.45) is 0 Å². The van der Waals surface area contributed by atoms with Crippen molar-refractivity contribution in [1.82, 2.24) is 9.62 Å². The number of benzene rings is 1. The summed E-state index contributed by atoms with van der Waals surface area (Å²) in [5.74, 6) is 1.06. The van der Waals surface area contributed by atoms with Gasteiger partial charge < -0.3 is 14.4 Å². The summed E-state index contributed by atoms with van der Waals surface area (Å²) in [6.07, 6.45) is 1.99. The zero-order valence-corrected chi connectivity index (χ0v) is 17.6. The van der Waals surface area contributed by atoms with Gasteiger partial charge in [-0.3, -0.25) is 4.79 Å². The fourth-order valence-corrected chi connectivity index (χ4v) is 5.34. The third-order valence-corrected chi connectivity index (χ3v) is 7.41. The number of amides is 1. The Morgan fingerprint density at radius 1 is 1.18 bits per heavy atom. The van der Waals surface area contributed by atoms with Crippen LogP contribution in [0.1, 0.15) is 35.0 Å². The van der Waals surface area contributed by atoms with Crippen LogP contribution in [0.25, 0.3) is 0 Å². The Morgan fingerprint density at radius 2 is 1.93 bits per heavy atom. The van der Waals surface area contributed by atoms with Crippen LogP contribution in [0.5, 0.6) is 11.5 Å². The molecular weight excluding hydrogens is 400 g/mol. The average Bonchev–Trinajstić information content (AvgIpc) is 3.39. The van der Waals surface area contributed by atoms with E-state index in [0.717, 1.165) is 42.8 Å². The minimum absolute atomic E-state index is 0.0970. The number of hydrogen-bond donors (Lipinski definition) is 1. The molecule has 0 spiro atoms. The van der Waals surface area contributed by atoms with Crippen LogP contribution in [0.15, 0.2) is 34.5 Å². The summed E-state index contributed by atoms with van der Waals surface area (Å²) in [5.41, 5.74) is 0.744. The minimum atomic E-state index is -3.71.